The highest BCUT2D eigenvalue weighted by molar-refractivity contribution is 6.30. The average molecular weight is 487 g/mol. The lowest BCUT2D eigenvalue weighted by molar-refractivity contribution is 0.255. The summed E-state index contributed by atoms with van der Waals surface area (Å²) in [7, 11) is 1.69. The zero-order chi connectivity index (χ0) is 24.0. The second-order valence-electron chi connectivity index (χ2n) is 8.91. The van der Waals surface area contributed by atoms with Crippen LogP contribution in [0.2, 0.25) is 5.02 Å². The molecule has 0 N–H and O–H groups in total. The number of anilines is 1. The average Bonchev–Trinajstić information content (AvgIpc) is 3.34. The third-order valence-corrected chi connectivity index (χ3v) is 6.87. The Balaban J connectivity index is 1.22. The van der Waals surface area contributed by atoms with Gasteiger partial charge in [-0.15, -0.1) is 0 Å². The number of hydrogen-bond acceptors (Lipinski definition) is 4. The number of methoxy groups -OCH3 is 1. The number of piperazine rings is 1. The van der Waals surface area contributed by atoms with Gasteiger partial charge in [0.05, 0.1) is 24.2 Å². The molecule has 0 saturated carbocycles. The van der Waals surface area contributed by atoms with E-state index in [2.05, 4.69) is 69.1 Å². The molecule has 6 heteroatoms. The van der Waals surface area contributed by atoms with Crippen molar-refractivity contribution in [2.24, 2.45) is 0 Å². The third-order valence-electron chi connectivity index (χ3n) is 6.62. The molecule has 1 aliphatic heterocycles. The Labute approximate surface area is 212 Å². The number of para-hydroxylation sites is 1. The molecule has 0 bridgehead atoms. The molecule has 3 aromatic carbocycles. The molecule has 35 heavy (non-hydrogen) atoms. The van der Waals surface area contributed by atoms with E-state index in [1.54, 1.807) is 7.11 Å². The summed E-state index contributed by atoms with van der Waals surface area (Å²) in [6.07, 6.45) is 2.05. The Kier molecular flexibility index (Phi) is 7.36. The zero-order valence-electron chi connectivity index (χ0n) is 20.1. The van der Waals surface area contributed by atoms with Crippen molar-refractivity contribution in [1.29, 1.82) is 0 Å². The van der Waals surface area contributed by atoms with Crippen molar-refractivity contribution in [3.05, 3.63) is 95.6 Å². The van der Waals surface area contributed by atoms with E-state index in [1.807, 2.05) is 30.3 Å². The summed E-state index contributed by atoms with van der Waals surface area (Å²) in [5.74, 6) is 0.857. The van der Waals surface area contributed by atoms with E-state index in [0.717, 1.165) is 79.0 Å². The maximum atomic E-state index is 6.04. The van der Waals surface area contributed by atoms with E-state index >= 15 is 0 Å². The molecule has 5 rings (SSSR count). The first kappa shape index (κ1) is 23.5. The van der Waals surface area contributed by atoms with Crippen LogP contribution in [0.1, 0.15) is 12.1 Å². The normalized spacial score (nSPS) is 14.3. The standard InChI is InChI=1S/C29H31ClN4O/c1-35-28-15-9-23(10-16-28)29-22-25(31-34(29)27-7-3-2-4-8-27)6-5-17-32-18-20-33(21-19-32)26-13-11-24(30)12-14-26/h2-4,7-16,22H,5-6,17-21H2,1H3. The number of halogens is 1. The van der Waals surface area contributed by atoms with E-state index in [1.165, 1.54) is 5.69 Å². The lowest BCUT2D eigenvalue weighted by Gasteiger charge is -2.36. The summed E-state index contributed by atoms with van der Waals surface area (Å²) in [4.78, 5) is 5.00. The number of ether oxygens (including phenoxy) is 1. The molecule has 0 amide bonds. The van der Waals surface area contributed by atoms with Crippen molar-refractivity contribution in [2.75, 3.05) is 44.7 Å². The molecule has 180 valence electrons. The van der Waals surface area contributed by atoms with Crippen molar-refractivity contribution < 1.29 is 4.74 Å². The van der Waals surface area contributed by atoms with Gasteiger partial charge in [0.1, 0.15) is 5.75 Å². The highest BCUT2D eigenvalue weighted by atomic mass is 35.5. The molecule has 1 aromatic heterocycles. The molecule has 1 aliphatic rings. The number of hydrogen-bond donors (Lipinski definition) is 0. The number of nitrogens with zero attached hydrogens (tertiary/aromatic N) is 4. The Morgan fingerprint density at radius 1 is 0.829 bits per heavy atom. The Hall–Kier alpha value is -3.28. The van der Waals surface area contributed by atoms with Crippen molar-refractivity contribution in [2.45, 2.75) is 12.8 Å². The molecular formula is C29H31ClN4O. The lowest BCUT2D eigenvalue weighted by atomic mass is 10.1. The smallest absolute Gasteiger partial charge is 0.118 e. The lowest BCUT2D eigenvalue weighted by Crippen LogP contribution is -2.46. The van der Waals surface area contributed by atoms with Gasteiger partial charge in [-0.3, -0.25) is 4.90 Å². The molecule has 1 saturated heterocycles. The molecule has 0 unspecified atom stereocenters. The Morgan fingerprint density at radius 2 is 1.54 bits per heavy atom. The highest BCUT2D eigenvalue weighted by Crippen LogP contribution is 2.27. The van der Waals surface area contributed by atoms with Gasteiger partial charge in [0.15, 0.2) is 0 Å². The molecule has 1 fully saturated rings. The van der Waals surface area contributed by atoms with Gasteiger partial charge in [-0.2, -0.15) is 5.10 Å². The fraction of sp³-hybridized carbons (Fsp3) is 0.276. The molecule has 0 aliphatic carbocycles. The summed E-state index contributed by atoms with van der Waals surface area (Å²) in [5.41, 5.74) is 5.69. The fourth-order valence-electron chi connectivity index (χ4n) is 4.65. The first-order chi connectivity index (χ1) is 17.2. The van der Waals surface area contributed by atoms with Crippen molar-refractivity contribution in [3.63, 3.8) is 0 Å². The van der Waals surface area contributed by atoms with Crippen molar-refractivity contribution >= 4 is 17.3 Å². The molecule has 0 spiro atoms. The molecular weight excluding hydrogens is 456 g/mol. The number of aromatic nitrogens is 2. The summed E-state index contributed by atoms with van der Waals surface area (Å²) >= 11 is 6.04. The predicted molar refractivity (Wildman–Crippen MR) is 144 cm³/mol. The van der Waals surface area contributed by atoms with E-state index in [9.17, 15) is 0 Å². The van der Waals surface area contributed by atoms with Crippen LogP contribution in [-0.2, 0) is 6.42 Å². The minimum atomic E-state index is 0.789. The maximum absolute atomic E-state index is 6.04. The number of benzene rings is 3. The van der Waals surface area contributed by atoms with Gasteiger partial charge in [0.2, 0.25) is 0 Å². The van der Waals surface area contributed by atoms with Crippen LogP contribution in [0.15, 0.2) is 84.9 Å². The summed E-state index contributed by atoms with van der Waals surface area (Å²) in [5, 5.41) is 5.78. The van der Waals surface area contributed by atoms with E-state index in [0.29, 0.717) is 0 Å². The first-order valence-electron chi connectivity index (χ1n) is 12.2. The first-order valence-corrected chi connectivity index (χ1v) is 12.6. The number of rotatable bonds is 8. The van der Waals surface area contributed by atoms with Crippen molar-refractivity contribution in [1.82, 2.24) is 14.7 Å². The summed E-state index contributed by atoms with van der Waals surface area (Å²) in [6.45, 7) is 5.35. The molecule has 0 atom stereocenters. The molecule has 2 heterocycles. The van der Waals surface area contributed by atoms with Crippen LogP contribution in [0.3, 0.4) is 0 Å². The van der Waals surface area contributed by atoms with E-state index in [4.69, 9.17) is 21.4 Å². The minimum absolute atomic E-state index is 0.789. The molecule has 4 aromatic rings. The second-order valence-corrected chi connectivity index (χ2v) is 9.34. The highest BCUT2D eigenvalue weighted by Gasteiger charge is 2.17. The monoisotopic (exact) mass is 486 g/mol. The zero-order valence-corrected chi connectivity index (χ0v) is 20.9. The SMILES string of the molecule is COc1ccc(-c2cc(CCCN3CCN(c4ccc(Cl)cc4)CC3)nn2-c2ccccc2)cc1. The third kappa shape index (κ3) is 5.69. The maximum Gasteiger partial charge on any atom is 0.118 e. The van der Waals surface area contributed by atoms with Crippen molar-refractivity contribution in [3.8, 4) is 22.7 Å². The van der Waals surface area contributed by atoms with Gasteiger partial charge >= 0.3 is 0 Å². The topological polar surface area (TPSA) is 33.5 Å². The quantitative estimate of drug-likeness (QED) is 0.308. The van der Waals surface area contributed by atoms with Gasteiger partial charge in [0, 0.05) is 42.5 Å². The van der Waals surface area contributed by atoms with Crippen LogP contribution in [-0.4, -0.2) is 54.5 Å². The van der Waals surface area contributed by atoms with Crippen LogP contribution >= 0.6 is 11.6 Å². The van der Waals surface area contributed by atoms with Crippen LogP contribution in [0.5, 0.6) is 5.75 Å². The predicted octanol–water partition coefficient (Wildman–Crippen LogP) is 5.96. The fourth-order valence-corrected chi connectivity index (χ4v) is 4.78. The van der Waals surface area contributed by atoms with Gasteiger partial charge < -0.3 is 9.64 Å². The van der Waals surface area contributed by atoms with Gasteiger partial charge in [-0.05, 0) is 86.1 Å². The Morgan fingerprint density at radius 3 is 2.23 bits per heavy atom. The minimum Gasteiger partial charge on any atom is -0.497 e. The van der Waals surface area contributed by atoms with Crippen LogP contribution < -0.4 is 9.64 Å². The van der Waals surface area contributed by atoms with Gasteiger partial charge in [-0.25, -0.2) is 4.68 Å². The van der Waals surface area contributed by atoms with E-state index in [-0.39, 0.29) is 0 Å². The van der Waals surface area contributed by atoms with Gasteiger partial charge in [-0.1, -0.05) is 29.8 Å². The van der Waals surface area contributed by atoms with E-state index < -0.39 is 0 Å². The Bertz CT molecular complexity index is 1210. The second kappa shape index (κ2) is 11.0. The van der Waals surface area contributed by atoms with Crippen LogP contribution in [0.4, 0.5) is 5.69 Å². The molecule has 0 radical (unpaired) electrons. The summed E-state index contributed by atoms with van der Waals surface area (Å²) < 4.78 is 7.39. The molecule has 5 nitrogen and oxygen atoms in total. The largest absolute Gasteiger partial charge is 0.497 e. The summed E-state index contributed by atoms with van der Waals surface area (Å²) in [6, 6.07) is 28.9. The van der Waals surface area contributed by atoms with Gasteiger partial charge in [0.25, 0.3) is 0 Å². The van der Waals surface area contributed by atoms with Crippen LogP contribution in [0, 0.1) is 0 Å². The number of aryl methyl sites for hydroxylation is 1. The van der Waals surface area contributed by atoms with Crippen LogP contribution in [0.25, 0.3) is 16.9 Å².